The number of nitrogens with zero attached hydrogens (tertiary/aromatic N) is 4. The van der Waals surface area contributed by atoms with Crippen molar-refractivity contribution in [2.24, 2.45) is 0 Å². The van der Waals surface area contributed by atoms with E-state index in [1.807, 2.05) is 54.7 Å². The molecule has 337 valence electrons. The van der Waals surface area contributed by atoms with Crippen molar-refractivity contribution in [2.75, 3.05) is 0 Å². The molecule has 8 aromatic carbocycles. The molecule has 68 heavy (non-hydrogen) atoms. The molecule has 6 nitrogen and oxygen atoms in total. The smallest absolute Gasteiger partial charge is 0.135 e. The van der Waals surface area contributed by atoms with Crippen LogP contribution < -0.4 is 0 Å². The first kappa shape index (κ1) is 44.6. The first-order valence-corrected chi connectivity index (χ1v) is 23.1. The molecule has 0 atom stereocenters. The number of furan rings is 2. The Hall–Kier alpha value is -7.18. The molecule has 0 saturated heterocycles. The third kappa shape index (κ3) is 8.00. The Morgan fingerprint density at radius 3 is 2.04 bits per heavy atom. The summed E-state index contributed by atoms with van der Waals surface area (Å²) in [7, 11) is 0. The summed E-state index contributed by atoms with van der Waals surface area (Å²) in [4.78, 5) is 14.2. The van der Waals surface area contributed by atoms with E-state index in [-0.39, 0.29) is 37.4 Å². The molecule has 0 aliphatic rings. The van der Waals surface area contributed by atoms with Crippen molar-refractivity contribution in [1.82, 2.24) is 19.5 Å². The van der Waals surface area contributed by atoms with E-state index in [1.165, 1.54) is 32.7 Å². The van der Waals surface area contributed by atoms with Gasteiger partial charge in [-0.15, -0.1) is 54.1 Å². The number of aromatic nitrogens is 4. The standard InChI is InChI=1S/C47H35N2O2.C14H15N2.Ir/c1-27(2)36-23-32(43-25-31-13-6-10-19-42(31)50-43)24-37(28(3)4)45(36)49-41-18-9-8-17-40(41)48-47(49)35-16-11-15-34-39-22-30-21-20-29-12-5-7-14-33(29)38(30)26-44(39)51-46(34)35;1-14(2,3)12-9-10-15-13(16-12)11-7-5-4-6-8-11;/h5-15,17-28H,1-4H3;4-7,9-10H,1-3H3;/q2*-1;. The molecular weight excluding hydrogens is 1010 g/mol. The Morgan fingerprint density at radius 2 is 1.29 bits per heavy atom. The van der Waals surface area contributed by atoms with Crippen LogP contribution in [0.3, 0.4) is 0 Å². The van der Waals surface area contributed by atoms with E-state index in [1.54, 1.807) is 0 Å². The average molecular weight is 1060 g/mol. The number of para-hydroxylation sites is 3. The second kappa shape index (κ2) is 17.8. The van der Waals surface area contributed by atoms with Gasteiger partial charge in [-0.1, -0.05) is 126 Å². The van der Waals surface area contributed by atoms with Crippen molar-refractivity contribution >= 4 is 65.5 Å². The minimum absolute atomic E-state index is 0. The van der Waals surface area contributed by atoms with E-state index in [2.05, 4.69) is 184 Å². The summed E-state index contributed by atoms with van der Waals surface area (Å²) in [5.41, 5.74) is 12.1. The zero-order valence-corrected chi connectivity index (χ0v) is 41.6. The van der Waals surface area contributed by atoms with E-state index < -0.39 is 0 Å². The second-order valence-corrected chi connectivity index (χ2v) is 19.1. The molecule has 7 heteroatoms. The molecule has 0 aliphatic carbocycles. The quantitative estimate of drug-likeness (QED) is 0.123. The summed E-state index contributed by atoms with van der Waals surface area (Å²) in [6, 6.07) is 61.4. The number of fused-ring (bicyclic) bond motifs is 8. The van der Waals surface area contributed by atoms with E-state index in [0.29, 0.717) is 0 Å². The topological polar surface area (TPSA) is 69.9 Å². The van der Waals surface area contributed by atoms with E-state index in [9.17, 15) is 0 Å². The number of imidazole rings is 1. The third-order valence-electron chi connectivity index (χ3n) is 12.8. The van der Waals surface area contributed by atoms with Crippen LogP contribution in [0.4, 0.5) is 0 Å². The summed E-state index contributed by atoms with van der Waals surface area (Å²) in [5.74, 6) is 2.89. The SMILES string of the molecule is CC(C)(C)c1ccnc(-c2[c-]cccc2)n1.CC(C)c1cc(-c2cc3ccccc3o2)cc(C(C)C)c1-n1c(-c2[c-]ccc3c2oc2cc4c(ccc5ccccc54)cc23)nc2ccccc21.[Ir]. The molecule has 0 N–H and O–H groups in total. The van der Waals surface area contributed by atoms with Crippen LogP contribution in [0.15, 0.2) is 173 Å². The van der Waals surface area contributed by atoms with Gasteiger partial charge in [0.2, 0.25) is 0 Å². The zero-order chi connectivity index (χ0) is 46.0. The minimum atomic E-state index is 0. The Morgan fingerprint density at radius 1 is 0.574 bits per heavy atom. The maximum absolute atomic E-state index is 6.85. The van der Waals surface area contributed by atoms with Crippen LogP contribution in [0.1, 0.15) is 77.1 Å². The van der Waals surface area contributed by atoms with E-state index in [0.717, 1.165) is 89.4 Å². The average Bonchev–Trinajstić information content (AvgIpc) is 4.07. The van der Waals surface area contributed by atoms with Crippen molar-refractivity contribution in [3.05, 3.63) is 193 Å². The number of hydrogen-bond acceptors (Lipinski definition) is 5. The number of rotatable bonds is 6. The molecule has 0 fully saturated rings. The summed E-state index contributed by atoms with van der Waals surface area (Å²) in [6.07, 6.45) is 1.81. The van der Waals surface area contributed by atoms with Gasteiger partial charge >= 0.3 is 0 Å². The molecule has 12 rings (SSSR count). The van der Waals surface area contributed by atoms with Gasteiger partial charge in [-0.3, -0.25) is 15.0 Å². The van der Waals surface area contributed by atoms with Crippen LogP contribution >= 0.6 is 0 Å². The molecule has 0 amide bonds. The van der Waals surface area contributed by atoms with Crippen LogP contribution in [-0.2, 0) is 25.5 Å². The Bertz CT molecular complexity index is 3750. The number of benzene rings is 8. The van der Waals surface area contributed by atoms with Crippen molar-refractivity contribution in [2.45, 2.75) is 65.7 Å². The summed E-state index contributed by atoms with van der Waals surface area (Å²) < 4.78 is 15.6. The molecule has 12 aromatic rings. The first-order valence-electron chi connectivity index (χ1n) is 23.1. The van der Waals surface area contributed by atoms with Gasteiger partial charge in [0, 0.05) is 59.4 Å². The predicted molar refractivity (Wildman–Crippen MR) is 276 cm³/mol. The van der Waals surface area contributed by atoms with Gasteiger partial charge in [-0.2, -0.15) is 0 Å². The van der Waals surface area contributed by atoms with Crippen LogP contribution in [0.25, 0.3) is 105 Å². The van der Waals surface area contributed by atoms with Crippen molar-refractivity contribution in [3.63, 3.8) is 0 Å². The number of hydrogen-bond donors (Lipinski definition) is 0. The molecular formula is C61H50IrN4O2-2. The Labute approximate surface area is 410 Å². The molecule has 0 unspecified atom stereocenters. The normalized spacial score (nSPS) is 11.9. The van der Waals surface area contributed by atoms with E-state index >= 15 is 0 Å². The molecule has 0 aliphatic heterocycles. The van der Waals surface area contributed by atoms with Gasteiger partial charge in [-0.25, -0.2) is 0 Å². The monoisotopic (exact) mass is 1060 g/mol. The third-order valence-corrected chi connectivity index (χ3v) is 12.8. The van der Waals surface area contributed by atoms with Gasteiger partial charge in [0.1, 0.15) is 16.9 Å². The van der Waals surface area contributed by atoms with Gasteiger partial charge in [0.05, 0.1) is 28.3 Å². The van der Waals surface area contributed by atoms with Crippen LogP contribution in [0, 0.1) is 12.1 Å². The fraction of sp³-hybridized carbons (Fsp3) is 0.164. The first-order chi connectivity index (χ1) is 32.5. The second-order valence-electron chi connectivity index (χ2n) is 19.1. The predicted octanol–water partition coefficient (Wildman–Crippen LogP) is 16.6. The summed E-state index contributed by atoms with van der Waals surface area (Å²) in [5, 5.41) is 8.07. The fourth-order valence-corrected chi connectivity index (χ4v) is 9.35. The van der Waals surface area contributed by atoms with Crippen molar-refractivity contribution in [3.8, 4) is 39.8 Å². The summed E-state index contributed by atoms with van der Waals surface area (Å²) in [6.45, 7) is 15.5. The largest absolute Gasteiger partial charge is 0.501 e. The summed E-state index contributed by atoms with van der Waals surface area (Å²) >= 11 is 0. The molecule has 0 bridgehead atoms. The Kier molecular flexibility index (Phi) is 11.7. The van der Waals surface area contributed by atoms with Crippen LogP contribution in [0.2, 0.25) is 0 Å². The van der Waals surface area contributed by atoms with Gasteiger partial charge < -0.3 is 13.4 Å². The molecule has 4 aromatic heterocycles. The molecule has 0 saturated carbocycles. The molecule has 4 heterocycles. The molecule has 0 spiro atoms. The minimum Gasteiger partial charge on any atom is -0.501 e. The molecule has 1 radical (unpaired) electrons. The fourth-order valence-electron chi connectivity index (χ4n) is 9.35. The van der Waals surface area contributed by atoms with Crippen LogP contribution in [-0.4, -0.2) is 19.5 Å². The van der Waals surface area contributed by atoms with Gasteiger partial charge in [-0.05, 0) is 99.1 Å². The van der Waals surface area contributed by atoms with Crippen molar-refractivity contribution in [1.29, 1.82) is 0 Å². The van der Waals surface area contributed by atoms with E-state index in [4.69, 9.17) is 13.8 Å². The van der Waals surface area contributed by atoms with Gasteiger partial charge in [0.25, 0.3) is 0 Å². The van der Waals surface area contributed by atoms with Crippen molar-refractivity contribution < 1.29 is 28.9 Å². The Balaban J connectivity index is 0.000000270. The van der Waals surface area contributed by atoms with Crippen LogP contribution in [0.5, 0.6) is 0 Å². The zero-order valence-electron chi connectivity index (χ0n) is 39.2. The van der Waals surface area contributed by atoms with Gasteiger partial charge in [0.15, 0.2) is 0 Å². The maximum Gasteiger partial charge on any atom is 0.135 e. The maximum atomic E-state index is 6.85.